The second-order valence-electron chi connectivity index (χ2n) is 3.49. The molecule has 2 nitrogen and oxygen atoms in total. The van der Waals surface area contributed by atoms with Crippen molar-refractivity contribution in [3.05, 3.63) is 29.3 Å². The van der Waals surface area contributed by atoms with Gasteiger partial charge >= 0.3 is 0 Å². The molecule has 1 fully saturated rings. The van der Waals surface area contributed by atoms with Gasteiger partial charge in [-0.3, -0.25) is 0 Å². The Bertz CT molecular complexity index is 305. The molecule has 1 unspecified atom stereocenters. The summed E-state index contributed by atoms with van der Waals surface area (Å²) in [6.07, 6.45) is 1.22. The largest absolute Gasteiger partial charge is 0.496 e. The Morgan fingerprint density at radius 2 is 2.23 bits per heavy atom. The van der Waals surface area contributed by atoms with Crippen molar-refractivity contribution in [2.75, 3.05) is 13.7 Å². The first kappa shape index (κ1) is 8.57. The van der Waals surface area contributed by atoms with E-state index in [4.69, 9.17) is 4.74 Å². The first-order valence-corrected chi connectivity index (χ1v) is 4.70. The van der Waals surface area contributed by atoms with E-state index in [1.165, 1.54) is 17.5 Å². The fourth-order valence-electron chi connectivity index (χ4n) is 1.78. The van der Waals surface area contributed by atoms with Crippen LogP contribution in [0.4, 0.5) is 0 Å². The van der Waals surface area contributed by atoms with Crippen LogP contribution in [0.1, 0.15) is 23.6 Å². The topological polar surface area (TPSA) is 21.3 Å². The van der Waals surface area contributed by atoms with Crippen molar-refractivity contribution in [3.8, 4) is 5.75 Å². The van der Waals surface area contributed by atoms with Crippen LogP contribution < -0.4 is 10.1 Å². The van der Waals surface area contributed by atoms with Crippen LogP contribution in [0.15, 0.2) is 18.2 Å². The predicted octanol–water partition coefficient (Wildman–Crippen LogP) is 2.04. The maximum Gasteiger partial charge on any atom is 0.126 e. The first-order valence-electron chi connectivity index (χ1n) is 4.70. The molecule has 1 heterocycles. The molecule has 70 valence electrons. The van der Waals surface area contributed by atoms with E-state index in [-0.39, 0.29) is 0 Å². The average Bonchev–Trinajstić information content (AvgIpc) is 2.01. The number of nitrogens with one attached hydrogen (secondary N) is 1. The molecular weight excluding hydrogens is 162 g/mol. The lowest BCUT2D eigenvalue weighted by Gasteiger charge is -2.29. The Labute approximate surface area is 78.9 Å². The average molecular weight is 177 g/mol. The highest BCUT2D eigenvalue weighted by Crippen LogP contribution is 2.32. The fraction of sp³-hybridized carbons (Fsp3) is 0.455. The highest BCUT2D eigenvalue weighted by molar-refractivity contribution is 5.43. The summed E-state index contributed by atoms with van der Waals surface area (Å²) < 4.78 is 5.39. The molecule has 0 aromatic heterocycles. The molecule has 1 saturated heterocycles. The van der Waals surface area contributed by atoms with Gasteiger partial charge in [-0.05, 0) is 25.5 Å². The van der Waals surface area contributed by atoms with Crippen molar-refractivity contribution in [2.45, 2.75) is 19.4 Å². The van der Waals surface area contributed by atoms with Gasteiger partial charge in [-0.15, -0.1) is 0 Å². The Morgan fingerprint density at radius 1 is 1.46 bits per heavy atom. The summed E-state index contributed by atoms with van der Waals surface area (Å²) in [4.78, 5) is 0. The monoisotopic (exact) mass is 177 g/mol. The van der Waals surface area contributed by atoms with E-state index in [1.54, 1.807) is 7.11 Å². The van der Waals surface area contributed by atoms with Crippen LogP contribution in [0.25, 0.3) is 0 Å². The predicted molar refractivity (Wildman–Crippen MR) is 53.1 cm³/mol. The second kappa shape index (κ2) is 3.38. The highest BCUT2D eigenvalue weighted by Gasteiger charge is 2.22. The van der Waals surface area contributed by atoms with Crippen LogP contribution in [-0.2, 0) is 0 Å². The molecule has 1 aromatic carbocycles. The number of ether oxygens (including phenoxy) is 1. The van der Waals surface area contributed by atoms with Crippen molar-refractivity contribution < 1.29 is 4.74 Å². The van der Waals surface area contributed by atoms with Crippen LogP contribution in [0, 0.1) is 6.92 Å². The molecule has 1 aromatic rings. The number of hydrogen-bond acceptors (Lipinski definition) is 2. The van der Waals surface area contributed by atoms with Gasteiger partial charge in [0.1, 0.15) is 5.75 Å². The minimum atomic E-state index is 0.509. The molecular formula is C11H15NO. The number of aryl methyl sites for hydroxylation is 1. The molecule has 1 atom stereocenters. The molecule has 1 N–H and O–H groups in total. The van der Waals surface area contributed by atoms with Crippen LogP contribution >= 0.6 is 0 Å². The van der Waals surface area contributed by atoms with Gasteiger partial charge in [-0.2, -0.15) is 0 Å². The van der Waals surface area contributed by atoms with Gasteiger partial charge < -0.3 is 10.1 Å². The normalized spacial score (nSPS) is 20.9. The van der Waals surface area contributed by atoms with Crippen molar-refractivity contribution in [1.82, 2.24) is 5.32 Å². The Balaban J connectivity index is 2.37. The maximum atomic E-state index is 5.39. The molecule has 0 amide bonds. The summed E-state index contributed by atoms with van der Waals surface area (Å²) in [6, 6.07) is 6.83. The smallest absolute Gasteiger partial charge is 0.126 e. The third kappa shape index (κ3) is 1.42. The lowest BCUT2D eigenvalue weighted by atomic mass is 9.95. The Kier molecular flexibility index (Phi) is 2.23. The third-order valence-electron chi connectivity index (χ3n) is 2.65. The number of rotatable bonds is 2. The Hall–Kier alpha value is -1.02. The zero-order valence-electron chi connectivity index (χ0n) is 8.13. The summed E-state index contributed by atoms with van der Waals surface area (Å²) in [5.41, 5.74) is 2.52. The van der Waals surface area contributed by atoms with E-state index < -0.39 is 0 Å². The lowest BCUT2D eigenvalue weighted by molar-refractivity contribution is 0.352. The zero-order valence-corrected chi connectivity index (χ0v) is 8.13. The zero-order chi connectivity index (χ0) is 9.26. The number of benzene rings is 1. The first-order chi connectivity index (χ1) is 6.33. The molecule has 0 aliphatic carbocycles. The minimum absolute atomic E-state index is 0.509. The quantitative estimate of drug-likeness (QED) is 0.746. The van der Waals surface area contributed by atoms with Gasteiger partial charge in [0.25, 0.3) is 0 Å². The van der Waals surface area contributed by atoms with E-state index in [9.17, 15) is 0 Å². The minimum Gasteiger partial charge on any atom is -0.496 e. The molecule has 13 heavy (non-hydrogen) atoms. The second-order valence-corrected chi connectivity index (χ2v) is 3.49. The van der Waals surface area contributed by atoms with Gasteiger partial charge in [-0.1, -0.05) is 18.2 Å². The van der Waals surface area contributed by atoms with Crippen LogP contribution in [0.2, 0.25) is 0 Å². The molecule has 1 aliphatic heterocycles. The van der Waals surface area contributed by atoms with Crippen LogP contribution in [0.3, 0.4) is 0 Å². The number of hydrogen-bond donors (Lipinski definition) is 1. The van der Waals surface area contributed by atoms with Crippen LogP contribution in [0.5, 0.6) is 5.75 Å². The molecule has 2 heteroatoms. The van der Waals surface area contributed by atoms with E-state index in [2.05, 4.69) is 30.4 Å². The van der Waals surface area contributed by atoms with Crippen LogP contribution in [-0.4, -0.2) is 13.7 Å². The SMILES string of the molecule is COc1c(C)cccc1C1CCN1. The van der Waals surface area contributed by atoms with Gasteiger partial charge in [0.15, 0.2) is 0 Å². The van der Waals surface area contributed by atoms with Crippen molar-refractivity contribution in [3.63, 3.8) is 0 Å². The van der Waals surface area contributed by atoms with E-state index in [1.807, 2.05) is 0 Å². The fourth-order valence-corrected chi connectivity index (χ4v) is 1.78. The van der Waals surface area contributed by atoms with Gasteiger partial charge in [-0.25, -0.2) is 0 Å². The van der Waals surface area contributed by atoms with Gasteiger partial charge in [0.05, 0.1) is 7.11 Å². The molecule has 1 aliphatic rings. The molecule has 0 spiro atoms. The number of methoxy groups -OCH3 is 1. The van der Waals surface area contributed by atoms with Crippen molar-refractivity contribution in [2.24, 2.45) is 0 Å². The standard InChI is InChI=1S/C11H15NO/c1-8-4-3-5-9(11(8)13-2)10-6-7-12-10/h3-5,10,12H,6-7H2,1-2H3. The molecule has 0 saturated carbocycles. The van der Waals surface area contributed by atoms with E-state index in [0.29, 0.717) is 6.04 Å². The third-order valence-corrected chi connectivity index (χ3v) is 2.65. The summed E-state index contributed by atoms with van der Waals surface area (Å²) in [7, 11) is 1.74. The molecule has 2 rings (SSSR count). The van der Waals surface area contributed by atoms with Gasteiger partial charge in [0.2, 0.25) is 0 Å². The van der Waals surface area contributed by atoms with E-state index >= 15 is 0 Å². The highest BCUT2D eigenvalue weighted by atomic mass is 16.5. The summed E-state index contributed by atoms with van der Waals surface area (Å²) >= 11 is 0. The Morgan fingerprint density at radius 3 is 2.77 bits per heavy atom. The summed E-state index contributed by atoms with van der Waals surface area (Å²) in [5, 5.41) is 3.38. The van der Waals surface area contributed by atoms with Gasteiger partial charge in [0, 0.05) is 11.6 Å². The summed E-state index contributed by atoms with van der Waals surface area (Å²) in [6.45, 7) is 3.21. The van der Waals surface area contributed by atoms with E-state index in [0.717, 1.165) is 12.3 Å². The number of para-hydroxylation sites is 1. The summed E-state index contributed by atoms with van der Waals surface area (Å²) in [5.74, 6) is 1.04. The lowest BCUT2D eigenvalue weighted by Crippen LogP contribution is -2.35. The molecule has 0 radical (unpaired) electrons. The maximum absolute atomic E-state index is 5.39. The van der Waals surface area contributed by atoms with Crippen molar-refractivity contribution >= 4 is 0 Å². The molecule has 0 bridgehead atoms. The van der Waals surface area contributed by atoms with Crippen molar-refractivity contribution in [1.29, 1.82) is 0 Å².